The molecular formula is C21H18N4S. The molecule has 1 saturated carbocycles. The lowest BCUT2D eigenvalue weighted by Gasteiger charge is -2.31. The zero-order valence-electron chi connectivity index (χ0n) is 14.3. The number of hydrogen-bond donors (Lipinski definition) is 0. The van der Waals surface area contributed by atoms with Crippen LogP contribution >= 0.6 is 11.8 Å². The highest BCUT2D eigenvalue weighted by molar-refractivity contribution is 8.03. The maximum Gasteiger partial charge on any atom is 0.131 e. The van der Waals surface area contributed by atoms with Crippen molar-refractivity contribution in [1.29, 1.82) is 5.26 Å². The van der Waals surface area contributed by atoms with Crippen LogP contribution in [0.3, 0.4) is 0 Å². The molecular weight excluding hydrogens is 340 g/mol. The van der Waals surface area contributed by atoms with Gasteiger partial charge in [-0.25, -0.2) is 4.68 Å². The molecule has 0 unspecified atom stereocenters. The summed E-state index contributed by atoms with van der Waals surface area (Å²) in [5.41, 5.74) is 4.64. The monoisotopic (exact) mass is 358 g/mol. The number of fused-ring (bicyclic) bond motifs is 1. The maximum atomic E-state index is 9.55. The fourth-order valence-electron chi connectivity index (χ4n) is 3.60. The Hall–Kier alpha value is -2.71. The van der Waals surface area contributed by atoms with E-state index in [0.717, 1.165) is 30.7 Å². The molecule has 1 fully saturated rings. The summed E-state index contributed by atoms with van der Waals surface area (Å²) in [6, 6.07) is 13.0. The number of allylic oxidation sites excluding steroid dienone is 2. The fourth-order valence-corrected chi connectivity index (χ4v) is 4.66. The fraction of sp³-hybridized carbons (Fsp3) is 0.238. The second-order valence-electron chi connectivity index (χ2n) is 6.88. The summed E-state index contributed by atoms with van der Waals surface area (Å²) >= 11 is 1.88. The molecule has 4 nitrogen and oxygen atoms in total. The van der Waals surface area contributed by atoms with Crippen molar-refractivity contribution in [1.82, 2.24) is 14.7 Å². The summed E-state index contributed by atoms with van der Waals surface area (Å²) in [5.74, 6) is 0.992. The van der Waals surface area contributed by atoms with Crippen molar-refractivity contribution in [2.24, 2.45) is 0 Å². The number of hydrogen-bond acceptors (Lipinski definition) is 4. The Morgan fingerprint density at radius 1 is 1.23 bits per heavy atom. The summed E-state index contributed by atoms with van der Waals surface area (Å²) in [6.07, 6.45) is 13.2. The summed E-state index contributed by atoms with van der Waals surface area (Å²) in [6.45, 7) is 0. The van der Waals surface area contributed by atoms with E-state index in [9.17, 15) is 5.26 Å². The van der Waals surface area contributed by atoms with Crippen molar-refractivity contribution in [3.63, 3.8) is 0 Å². The Bertz CT molecular complexity index is 970. The molecule has 0 bridgehead atoms. The molecule has 0 saturated heterocycles. The predicted octanol–water partition coefficient (Wildman–Crippen LogP) is 4.19. The van der Waals surface area contributed by atoms with Gasteiger partial charge in [-0.3, -0.25) is 0 Å². The molecule has 3 aliphatic rings. The molecule has 0 amide bonds. The van der Waals surface area contributed by atoms with Gasteiger partial charge in [0.2, 0.25) is 0 Å². The molecule has 1 aromatic carbocycles. The van der Waals surface area contributed by atoms with Crippen LogP contribution in [0.15, 0.2) is 77.3 Å². The minimum atomic E-state index is -0.296. The van der Waals surface area contributed by atoms with E-state index < -0.39 is 0 Å². The van der Waals surface area contributed by atoms with Crippen LogP contribution in [0.4, 0.5) is 0 Å². The molecule has 0 N–H and O–H groups in total. The molecule has 3 heterocycles. The molecule has 128 valence electrons. The molecule has 1 aromatic heterocycles. The largest absolute Gasteiger partial charge is 0.328 e. The lowest BCUT2D eigenvalue weighted by atomic mass is 10.0. The van der Waals surface area contributed by atoms with Crippen LogP contribution in [-0.4, -0.2) is 26.0 Å². The van der Waals surface area contributed by atoms with E-state index >= 15 is 0 Å². The van der Waals surface area contributed by atoms with Crippen molar-refractivity contribution < 1.29 is 0 Å². The number of aromatic nitrogens is 2. The van der Waals surface area contributed by atoms with E-state index in [1.165, 1.54) is 21.7 Å². The highest BCUT2D eigenvalue weighted by atomic mass is 32.2. The highest BCUT2D eigenvalue weighted by Gasteiger charge is 2.50. The van der Waals surface area contributed by atoms with Gasteiger partial charge in [0.25, 0.3) is 0 Å². The van der Waals surface area contributed by atoms with Crippen LogP contribution in [-0.2, 0) is 6.42 Å². The van der Waals surface area contributed by atoms with E-state index in [2.05, 4.69) is 58.7 Å². The van der Waals surface area contributed by atoms with Crippen LogP contribution < -0.4 is 0 Å². The van der Waals surface area contributed by atoms with E-state index in [0.29, 0.717) is 0 Å². The van der Waals surface area contributed by atoms with Crippen molar-refractivity contribution >= 4 is 11.8 Å². The van der Waals surface area contributed by atoms with Crippen LogP contribution in [0.1, 0.15) is 18.4 Å². The van der Waals surface area contributed by atoms with Crippen LogP contribution in [0.2, 0.25) is 0 Å². The third-order valence-corrected chi connectivity index (χ3v) is 6.30. The molecule has 0 radical (unpaired) electrons. The van der Waals surface area contributed by atoms with E-state index in [1.54, 1.807) is 6.20 Å². The van der Waals surface area contributed by atoms with Crippen LogP contribution in [0.5, 0.6) is 0 Å². The SMILES string of the molecule is N#CC1(N2C=CC(Cc3ccc(-n4cccn4)cc3)=C3SCC=C32)CC1. The first-order valence-electron chi connectivity index (χ1n) is 8.83. The van der Waals surface area contributed by atoms with Gasteiger partial charge in [-0.15, -0.1) is 11.8 Å². The van der Waals surface area contributed by atoms with Gasteiger partial charge in [-0.2, -0.15) is 10.4 Å². The summed E-state index contributed by atoms with van der Waals surface area (Å²) in [5, 5.41) is 13.8. The van der Waals surface area contributed by atoms with Crippen LogP contribution in [0, 0.1) is 11.3 Å². The normalized spacial score (nSPS) is 20.0. The summed E-state index contributed by atoms with van der Waals surface area (Å²) in [7, 11) is 0. The lowest BCUT2D eigenvalue weighted by Crippen LogP contribution is -2.32. The second-order valence-corrected chi connectivity index (χ2v) is 7.91. The van der Waals surface area contributed by atoms with Gasteiger partial charge in [0, 0.05) is 29.3 Å². The van der Waals surface area contributed by atoms with Gasteiger partial charge in [0.05, 0.1) is 17.5 Å². The van der Waals surface area contributed by atoms with Crippen molar-refractivity contribution in [2.45, 2.75) is 24.8 Å². The molecule has 5 heteroatoms. The molecule has 0 atom stereocenters. The van der Waals surface area contributed by atoms with Crippen molar-refractivity contribution in [3.05, 3.63) is 82.8 Å². The van der Waals surface area contributed by atoms with Crippen molar-refractivity contribution in [3.8, 4) is 11.8 Å². The number of nitriles is 1. The Morgan fingerprint density at radius 3 is 2.77 bits per heavy atom. The first-order valence-corrected chi connectivity index (χ1v) is 9.82. The summed E-state index contributed by atoms with van der Waals surface area (Å²) in [4.78, 5) is 3.54. The Balaban J connectivity index is 1.40. The van der Waals surface area contributed by atoms with Gasteiger partial charge >= 0.3 is 0 Å². The molecule has 2 aromatic rings. The second kappa shape index (κ2) is 5.93. The third-order valence-electron chi connectivity index (χ3n) is 5.21. The Kier molecular flexibility index (Phi) is 3.54. The van der Waals surface area contributed by atoms with Gasteiger partial charge in [0.1, 0.15) is 5.54 Å². The molecule has 26 heavy (non-hydrogen) atoms. The Morgan fingerprint density at radius 2 is 2.08 bits per heavy atom. The minimum absolute atomic E-state index is 0.296. The molecule has 1 aliphatic carbocycles. The number of thioether (sulfide) groups is 1. The first-order chi connectivity index (χ1) is 12.8. The number of rotatable bonds is 4. The van der Waals surface area contributed by atoms with Gasteiger partial charge in [0.15, 0.2) is 0 Å². The minimum Gasteiger partial charge on any atom is -0.328 e. The number of benzene rings is 1. The molecule has 5 rings (SSSR count). The van der Waals surface area contributed by atoms with E-state index in [1.807, 2.05) is 28.7 Å². The zero-order chi connectivity index (χ0) is 17.6. The van der Waals surface area contributed by atoms with E-state index in [4.69, 9.17) is 0 Å². The third kappa shape index (κ3) is 2.49. The van der Waals surface area contributed by atoms with Gasteiger partial charge in [-0.05, 0) is 60.8 Å². The standard InChI is InChI=1S/C21H18N4S/c22-15-21(8-9-21)24-12-6-17(20-19(24)7-13-26-20)14-16-2-4-18(5-3-16)25-11-1-10-23-25/h1-7,10-12H,8-9,13-14H2. The average molecular weight is 358 g/mol. The number of nitrogens with zero attached hydrogens (tertiary/aromatic N) is 4. The van der Waals surface area contributed by atoms with Crippen molar-refractivity contribution in [2.75, 3.05) is 5.75 Å². The predicted molar refractivity (Wildman–Crippen MR) is 103 cm³/mol. The van der Waals surface area contributed by atoms with Gasteiger partial charge < -0.3 is 4.90 Å². The molecule has 2 aliphatic heterocycles. The smallest absolute Gasteiger partial charge is 0.131 e. The Labute approximate surface area is 157 Å². The topological polar surface area (TPSA) is 44.9 Å². The van der Waals surface area contributed by atoms with E-state index in [-0.39, 0.29) is 5.54 Å². The average Bonchev–Trinajstić information content (AvgIpc) is 3.08. The quantitative estimate of drug-likeness (QED) is 0.822. The first kappa shape index (κ1) is 15.5. The molecule has 0 spiro atoms. The van der Waals surface area contributed by atoms with Gasteiger partial charge in [-0.1, -0.05) is 12.1 Å². The summed E-state index contributed by atoms with van der Waals surface area (Å²) < 4.78 is 1.87. The highest BCUT2D eigenvalue weighted by Crippen LogP contribution is 2.50. The van der Waals surface area contributed by atoms with Crippen LogP contribution in [0.25, 0.3) is 5.69 Å². The lowest BCUT2D eigenvalue weighted by molar-refractivity contribution is 0.389. The maximum absolute atomic E-state index is 9.55. The zero-order valence-corrected chi connectivity index (χ0v) is 15.1.